The van der Waals surface area contributed by atoms with Crippen molar-refractivity contribution in [1.82, 2.24) is 0 Å². The summed E-state index contributed by atoms with van der Waals surface area (Å²) in [5.41, 5.74) is 3.90. The minimum atomic E-state index is 0.215. The van der Waals surface area contributed by atoms with E-state index in [-0.39, 0.29) is 12.1 Å². The van der Waals surface area contributed by atoms with Gasteiger partial charge in [-0.3, -0.25) is 0 Å². The molecule has 1 aliphatic carbocycles. The van der Waals surface area contributed by atoms with Crippen molar-refractivity contribution in [3.8, 4) is 0 Å². The second kappa shape index (κ2) is 4.45. The van der Waals surface area contributed by atoms with Gasteiger partial charge in [0.2, 0.25) is 5.90 Å². The van der Waals surface area contributed by atoms with Gasteiger partial charge in [0.15, 0.2) is 0 Å². The number of hydrogen-bond donors (Lipinski definition) is 0. The Balaban J connectivity index is 1.74. The molecule has 20 heavy (non-hydrogen) atoms. The molecule has 1 aromatic heterocycles. The number of aliphatic imine (C=N–C) groups is 1. The van der Waals surface area contributed by atoms with Crippen molar-refractivity contribution in [3.05, 3.63) is 57.3 Å². The Labute approximate surface area is 123 Å². The Bertz CT molecular complexity index is 686. The predicted molar refractivity (Wildman–Crippen MR) is 82.7 cm³/mol. The summed E-state index contributed by atoms with van der Waals surface area (Å²) in [6, 6.07) is 10.9. The lowest BCUT2D eigenvalue weighted by atomic mass is 9.97. The Morgan fingerprint density at radius 2 is 2.10 bits per heavy atom. The van der Waals surface area contributed by atoms with E-state index in [1.54, 1.807) is 0 Å². The van der Waals surface area contributed by atoms with Gasteiger partial charge in [-0.25, -0.2) is 4.99 Å². The van der Waals surface area contributed by atoms with Gasteiger partial charge in [0.25, 0.3) is 0 Å². The summed E-state index contributed by atoms with van der Waals surface area (Å²) in [5, 5.41) is 2.16. The molecule has 3 heteroatoms. The molecular formula is C17H17NOS. The molecule has 0 N–H and O–H groups in total. The standard InChI is InChI=1S/C17H17NOS/c1-10(2)12-5-3-4-6-13(12)17-18-15-14(19-17)9-11-7-8-20-16(11)15/h3-8,10,14-15H,9H2,1-2H3/t14-,15-/m1/s1. The molecule has 4 rings (SSSR count). The van der Waals surface area contributed by atoms with Gasteiger partial charge >= 0.3 is 0 Å². The van der Waals surface area contributed by atoms with E-state index in [0.29, 0.717) is 5.92 Å². The van der Waals surface area contributed by atoms with Crippen molar-refractivity contribution in [2.24, 2.45) is 4.99 Å². The fourth-order valence-electron chi connectivity index (χ4n) is 3.15. The number of rotatable bonds is 2. The highest BCUT2D eigenvalue weighted by atomic mass is 32.1. The molecule has 0 radical (unpaired) electrons. The van der Waals surface area contributed by atoms with Gasteiger partial charge in [-0.1, -0.05) is 32.0 Å². The van der Waals surface area contributed by atoms with E-state index >= 15 is 0 Å². The maximum absolute atomic E-state index is 6.16. The van der Waals surface area contributed by atoms with Gasteiger partial charge in [-0.15, -0.1) is 11.3 Å². The van der Waals surface area contributed by atoms with E-state index in [1.807, 2.05) is 11.3 Å². The average Bonchev–Trinajstić information content (AvgIpc) is 3.09. The molecular weight excluding hydrogens is 266 g/mol. The zero-order valence-electron chi connectivity index (χ0n) is 11.7. The summed E-state index contributed by atoms with van der Waals surface area (Å²) in [6.45, 7) is 4.43. The van der Waals surface area contributed by atoms with Gasteiger partial charge in [-0.05, 0) is 34.6 Å². The van der Waals surface area contributed by atoms with Crippen molar-refractivity contribution in [2.45, 2.75) is 38.3 Å². The zero-order valence-corrected chi connectivity index (χ0v) is 12.5. The Hall–Kier alpha value is -1.61. The second-order valence-electron chi connectivity index (χ2n) is 5.79. The molecule has 2 nitrogen and oxygen atoms in total. The monoisotopic (exact) mass is 283 g/mol. The summed E-state index contributed by atoms with van der Waals surface area (Å²) >= 11 is 1.81. The minimum absolute atomic E-state index is 0.215. The fourth-order valence-corrected chi connectivity index (χ4v) is 4.17. The van der Waals surface area contributed by atoms with E-state index in [9.17, 15) is 0 Å². The Morgan fingerprint density at radius 3 is 2.95 bits per heavy atom. The zero-order chi connectivity index (χ0) is 13.7. The normalized spacial score (nSPS) is 23.4. The van der Waals surface area contributed by atoms with Crippen LogP contribution in [0.25, 0.3) is 0 Å². The summed E-state index contributed by atoms with van der Waals surface area (Å²) in [5.74, 6) is 1.32. The molecule has 2 aliphatic rings. The van der Waals surface area contributed by atoms with Crippen molar-refractivity contribution >= 4 is 17.2 Å². The molecule has 0 spiro atoms. The van der Waals surface area contributed by atoms with E-state index in [1.165, 1.54) is 16.0 Å². The lowest BCUT2D eigenvalue weighted by Crippen LogP contribution is -2.14. The van der Waals surface area contributed by atoms with Crippen LogP contribution in [0.2, 0.25) is 0 Å². The summed E-state index contributed by atoms with van der Waals surface area (Å²) < 4.78 is 6.16. The average molecular weight is 283 g/mol. The van der Waals surface area contributed by atoms with Crippen LogP contribution < -0.4 is 0 Å². The van der Waals surface area contributed by atoms with Gasteiger partial charge in [0.05, 0.1) is 0 Å². The SMILES string of the molecule is CC(C)c1ccccc1C1=N[C@H]2c3sccc3C[C@H]2O1. The van der Waals surface area contributed by atoms with Crippen molar-refractivity contribution in [3.63, 3.8) is 0 Å². The molecule has 2 atom stereocenters. The quantitative estimate of drug-likeness (QED) is 0.804. The third-order valence-corrected chi connectivity index (χ3v) is 5.18. The van der Waals surface area contributed by atoms with Crippen molar-refractivity contribution < 1.29 is 4.74 Å². The van der Waals surface area contributed by atoms with Crippen LogP contribution in [0.1, 0.15) is 47.4 Å². The van der Waals surface area contributed by atoms with Crippen LogP contribution in [-0.2, 0) is 11.2 Å². The largest absolute Gasteiger partial charge is 0.471 e. The first-order valence-electron chi connectivity index (χ1n) is 7.14. The molecule has 102 valence electrons. The number of hydrogen-bond acceptors (Lipinski definition) is 3. The smallest absolute Gasteiger partial charge is 0.217 e. The lowest BCUT2D eigenvalue weighted by Gasteiger charge is -2.14. The van der Waals surface area contributed by atoms with Crippen LogP contribution in [0.5, 0.6) is 0 Å². The first-order chi connectivity index (χ1) is 9.74. The topological polar surface area (TPSA) is 21.6 Å². The molecule has 0 bridgehead atoms. The molecule has 0 saturated carbocycles. The van der Waals surface area contributed by atoms with Crippen LogP contribution in [0.4, 0.5) is 0 Å². The maximum Gasteiger partial charge on any atom is 0.217 e. The van der Waals surface area contributed by atoms with Crippen LogP contribution in [0.15, 0.2) is 40.7 Å². The molecule has 0 unspecified atom stereocenters. The Morgan fingerprint density at radius 1 is 1.25 bits per heavy atom. The molecule has 0 amide bonds. The number of ether oxygens (including phenoxy) is 1. The highest BCUT2D eigenvalue weighted by Crippen LogP contribution is 2.44. The predicted octanol–water partition coefficient (Wildman–Crippen LogP) is 4.31. The van der Waals surface area contributed by atoms with Gasteiger partial charge in [0, 0.05) is 16.9 Å². The molecule has 2 heterocycles. The first kappa shape index (κ1) is 12.2. The molecule has 2 aromatic rings. The second-order valence-corrected chi connectivity index (χ2v) is 6.74. The van der Waals surface area contributed by atoms with Crippen LogP contribution in [0, 0.1) is 0 Å². The molecule has 1 aromatic carbocycles. The fraction of sp³-hybridized carbons (Fsp3) is 0.353. The van der Waals surface area contributed by atoms with E-state index in [2.05, 4.69) is 49.6 Å². The third kappa shape index (κ3) is 1.73. The minimum Gasteiger partial charge on any atom is -0.471 e. The van der Waals surface area contributed by atoms with E-state index in [0.717, 1.165) is 17.9 Å². The molecule has 0 saturated heterocycles. The maximum atomic E-state index is 6.16. The summed E-state index contributed by atoms with van der Waals surface area (Å²) in [4.78, 5) is 6.28. The molecule has 1 aliphatic heterocycles. The number of thiophene rings is 1. The molecule has 0 fully saturated rings. The summed E-state index contributed by atoms with van der Waals surface area (Å²) in [6.07, 6.45) is 1.22. The van der Waals surface area contributed by atoms with Crippen molar-refractivity contribution in [2.75, 3.05) is 0 Å². The highest BCUT2D eigenvalue weighted by molar-refractivity contribution is 7.10. The first-order valence-corrected chi connectivity index (χ1v) is 8.02. The van der Waals surface area contributed by atoms with Crippen LogP contribution >= 0.6 is 11.3 Å². The van der Waals surface area contributed by atoms with Crippen LogP contribution in [0.3, 0.4) is 0 Å². The lowest BCUT2D eigenvalue weighted by molar-refractivity contribution is 0.207. The highest BCUT2D eigenvalue weighted by Gasteiger charge is 2.40. The number of fused-ring (bicyclic) bond motifs is 3. The van der Waals surface area contributed by atoms with E-state index < -0.39 is 0 Å². The summed E-state index contributed by atoms with van der Waals surface area (Å²) in [7, 11) is 0. The van der Waals surface area contributed by atoms with Crippen molar-refractivity contribution in [1.29, 1.82) is 0 Å². The van der Waals surface area contributed by atoms with Gasteiger partial charge < -0.3 is 4.74 Å². The van der Waals surface area contributed by atoms with Crippen LogP contribution in [-0.4, -0.2) is 12.0 Å². The number of benzene rings is 1. The van der Waals surface area contributed by atoms with Gasteiger partial charge in [-0.2, -0.15) is 0 Å². The van der Waals surface area contributed by atoms with Gasteiger partial charge in [0.1, 0.15) is 12.1 Å². The third-order valence-electron chi connectivity index (χ3n) is 4.16. The number of nitrogens with zero attached hydrogens (tertiary/aromatic N) is 1. The van der Waals surface area contributed by atoms with E-state index in [4.69, 9.17) is 9.73 Å². The Kier molecular flexibility index (Phi) is 2.71.